The average molecular weight is 167 g/mol. The largest absolute Gasteiger partial charge is 0.313 e. The maximum atomic E-state index is 3.47. The molecule has 12 heavy (non-hydrogen) atoms. The van der Waals surface area contributed by atoms with Gasteiger partial charge in [-0.2, -0.15) is 0 Å². The summed E-state index contributed by atoms with van der Waals surface area (Å²) in [4.78, 5) is 0. The van der Waals surface area contributed by atoms with E-state index >= 15 is 0 Å². The summed E-state index contributed by atoms with van der Waals surface area (Å²) < 4.78 is 0. The summed E-state index contributed by atoms with van der Waals surface area (Å²) >= 11 is 0. The van der Waals surface area contributed by atoms with Gasteiger partial charge in [-0.15, -0.1) is 0 Å². The maximum Gasteiger partial charge on any atom is 0.0134 e. The molecule has 1 rings (SSSR count). The van der Waals surface area contributed by atoms with Crippen LogP contribution >= 0.6 is 0 Å². The van der Waals surface area contributed by atoms with Gasteiger partial charge in [-0.25, -0.2) is 0 Å². The molecule has 1 N–H and O–H groups in total. The lowest BCUT2D eigenvalue weighted by Crippen LogP contribution is -2.24. The lowest BCUT2D eigenvalue weighted by molar-refractivity contribution is 0.399. The van der Waals surface area contributed by atoms with Crippen molar-refractivity contribution in [1.29, 1.82) is 0 Å². The molecule has 1 saturated carbocycles. The van der Waals surface area contributed by atoms with Crippen molar-refractivity contribution >= 4 is 0 Å². The second kappa shape index (κ2) is 5.36. The molecule has 0 aromatic rings. The molecule has 0 heterocycles. The highest BCUT2D eigenvalue weighted by atomic mass is 14.8. The van der Waals surface area contributed by atoms with E-state index in [4.69, 9.17) is 0 Å². The Balaban J connectivity index is 2.06. The Morgan fingerprint density at radius 3 is 2.83 bits per heavy atom. The first kappa shape index (κ1) is 9.79. The average Bonchev–Trinajstić information content (AvgIpc) is 2.46. The molecular weight excluding hydrogens is 146 g/mol. The predicted octanol–water partition coefficient (Wildman–Crippen LogP) is 2.59. The van der Waals surface area contributed by atoms with Crippen LogP contribution in [0.1, 0.15) is 33.1 Å². The molecule has 1 nitrogen and oxygen atoms in total. The van der Waals surface area contributed by atoms with E-state index in [-0.39, 0.29) is 0 Å². The zero-order valence-corrected chi connectivity index (χ0v) is 8.34. The van der Waals surface area contributed by atoms with Crippen LogP contribution in [0.2, 0.25) is 0 Å². The van der Waals surface area contributed by atoms with Crippen molar-refractivity contribution in [3.05, 3.63) is 12.2 Å². The van der Waals surface area contributed by atoms with Gasteiger partial charge in [-0.05, 0) is 31.7 Å². The molecular formula is C11H21N. The maximum absolute atomic E-state index is 3.47. The van der Waals surface area contributed by atoms with Crippen molar-refractivity contribution in [2.24, 2.45) is 11.8 Å². The first-order chi connectivity index (χ1) is 5.84. The van der Waals surface area contributed by atoms with Crippen molar-refractivity contribution in [1.82, 2.24) is 5.32 Å². The quantitative estimate of drug-likeness (QED) is 0.501. The molecule has 1 aliphatic carbocycles. The van der Waals surface area contributed by atoms with Gasteiger partial charge in [-0.1, -0.05) is 31.9 Å². The second-order valence-electron chi connectivity index (χ2n) is 3.90. The Hall–Kier alpha value is -0.300. The van der Waals surface area contributed by atoms with Crippen molar-refractivity contribution in [3.8, 4) is 0 Å². The predicted molar refractivity (Wildman–Crippen MR) is 54.2 cm³/mol. The van der Waals surface area contributed by atoms with Gasteiger partial charge in [0.2, 0.25) is 0 Å². The number of rotatable bonds is 4. The van der Waals surface area contributed by atoms with Crippen LogP contribution in [-0.2, 0) is 0 Å². The van der Waals surface area contributed by atoms with Gasteiger partial charge in [-0.3, -0.25) is 0 Å². The molecule has 2 unspecified atom stereocenters. The summed E-state index contributed by atoms with van der Waals surface area (Å²) in [6.45, 7) is 6.71. The number of hydrogen-bond donors (Lipinski definition) is 1. The Bertz CT molecular complexity index is 140. The van der Waals surface area contributed by atoms with E-state index in [1.807, 2.05) is 0 Å². The minimum atomic E-state index is 0.940. The van der Waals surface area contributed by atoms with Crippen LogP contribution in [0.3, 0.4) is 0 Å². The van der Waals surface area contributed by atoms with Crippen molar-refractivity contribution in [3.63, 3.8) is 0 Å². The molecule has 0 aromatic heterocycles. The molecule has 0 saturated heterocycles. The molecule has 0 aromatic carbocycles. The lowest BCUT2D eigenvalue weighted by atomic mass is 9.98. The Morgan fingerprint density at radius 2 is 2.25 bits per heavy atom. The van der Waals surface area contributed by atoms with E-state index in [2.05, 4.69) is 31.3 Å². The minimum Gasteiger partial charge on any atom is -0.313 e. The molecule has 0 amide bonds. The summed E-state index contributed by atoms with van der Waals surface area (Å²) in [5, 5.41) is 3.47. The highest BCUT2D eigenvalue weighted by molar-refractivity contribution is 4.81. The zero-order chi connectivity index (χ0) is 8.81. The van der Waals surface area contributed by atoms with Gasteiger partial charge in [0.05, 0.1) is 0 Å². The molecule has 1 fully saturated rings. The summed E-state index contributed by atoms with van der Waals surface area (Å²) in [6, 6.07) is 0. The van der Waals surface area contributed by atoms with Crippen molar-refractivity contribution < 1.29 is 0 Å². The third-order valence-corrected chi connectivity index (χ3v) is 2.94. The van der Waals surface area contributed by atoms with Gasteiger partial charge >= 0.3 is 0 Å². The van der Waals surface area contributed by atoms with E-state index in [1.165, 1.54) is 25.8 Å². The minimum absolute atomic E-state index is 0.940. The fourth-order valence-electron chi connectivity index (χ4n) is 2.00. The van der Waals surface area contributed by atoms with Gasteiger partial charge in [0.1, 0.15) is 0 Å². The van der Waals surface area contributed by atoms with Gasteiger partial charge < -0.3 is 5.32 Å². The van der Waals surface area contributed by atoms with Crippen LogP contribution in [0.5, 0.6) is 0 Å². The van der Waals surface area contributed by atoms with Crippen molar-refractivity contribution in [2.75, 3.05) is 13.1 Å². The van der Waals surface area contributed by atoms with Crippen LogP contribution in [0.15, 0.2) is 12.2 Å². The fourth-order valence-corrected chi connectivity index (χ4v) is 2.00. The summed E-state index contributed by atoms with van der Waals surface area (Å²) in [7, 11) is 0. The van der Waals surface area contributed by atoms with E-state index in [9.17, 15) is 0 Å². The van der Waals surface area contributed by atoms with Crippen LogP contribution in [0.25, 0.3) is 0 Å². The monoisotopic (exact) mass is 167 g/mol. The van der Waals surface area contributed by atoms with E-state index in [0.717, 1.165) is 18.4 Å². The Morgan fingerprint density at radius 1 is 1.42 bits per heavy atom. The molecule has 0 bridgehead atoms. The van der Waals surface area contributed by atoms with Gasteiger partial charge in [0.15, 0.2) is 0 Å². The van der Waals surface area contributed by atoms with E-state index in [1.54, 1.807) is 0 Å². The summed E-state index contributed by atoms with van der Waals surface area (Å²) in [5.74, 6) is 1.89. The van der Waals surface area contributed by atoms with E-state index < -0.39 is 0 Å². The molecule has 70 valence electrons. The Kier molecular flexibility index (Phi) is 4.37. The first-order valence-electron chi connectivity index (χ1n) is 5.16. The van der Waals surface area contributed by atoms with Crippen LogP contribution in [0.4, 0.5) is 0 Å². The molecule has 2 atom stereocenters. The SMILES string of the molecule is C/C=C/CNCC1CCCC1C. The first-order valence-corrected chi connectivity index (χ1v) is 5.16. The molecule has 0 radical (unpaired) electrons. The summed E-state index contributed by atoms with van der Waals surface area (Å²) in [5.41, 5.74) is 0. The van der Waals surface area contributed by atoms with Crippen molar-refractivity contribution in [2.45, 2.75) is 33.1 Å². The highest BCUT2D eigenvalue weighted by Gasteiger charge is 2.22. The molecule has 1 aliphatic rings. The third kappa shape index (κ3) is 2.98. The summed E-state index contributed by atoms with van der Waals surface area (Å²) in [6.07, 6.45) is 8.60. The standard InChI is InChI=1S/C11H21N/c1-3-4-8-12-9-11-7-5-6-10(11)2/h3-4,10-12H,5-9H2,1-2H3/b4-3+. The third-order valence-electron chi connectivity index (χ3n) is 2.94. The highest BCUT2D eigenvalue weighted by Crippen LogP contribution is 2.30. The van der Waals surface area contributed by atoms with Crippen LogP contribution in [0, 0.1) is 11.8 Å². The molecule has 0 aliphatic heterocycles. The normalized spacial score (nSPS) is 30.2. The van der Waals surface area contributed by atoms with E-state index in [0.29, 0.717) is 0 Å². The fraction of sp³-hybridized carbons (Fsp3) is 0.818. The number of hydrogen-bond acceptors (Lipinski definition) is 1. The lowest BCUT2D eigenvalue weighted by Gasteiger charge is -2.14. The topological polar surface area (TPSA) is 12.0 Å². The van der Waals surface area contributed by atoms with Gasteiger partial charge in [0, 0.05) is 6.54 Å². The zero-order valence-electron chi connectivity index (χ0n) is 8.34. The van der Waals surface area contributed by atoms with Gasteiger partial charge in [0.25, 0.3) is 0 Å². The number of nitrogens with one attached hydrogen (secondary N) is 1. The van der Waals surface area contributed by atoms with Crippen LogP contribution < -0.4 is 5.32 Å². The van der Waals surface area contributed by atoms with Crippen LogP contribution in [-0.4, -0.2) is 13.1 Å². The smallest absolute Gasteiger partial charge is 0.0134 e. The molecule has 0 spiro atoms. The molecule has 1 heteroatoms. The number of allylic oxidation sites excluding steroid dienone is 1. The second-order valence-corrected chi connectivity index (χ2v) is 3.90. The Labute approximate surface area is 76.2 Å².